The molecule has 0 spiro atoms. The molecule has 0 aliphatic rings. The Morgan fingerprint density at radius 1 is 1.33 bits per heavy atom. The summed E-state index contributed by atoms with van der Waals surface area (Å²) in [6, 6.07) is 3.84. The van der Waals surface area contributed by atoms with Crippen LogP contribution in [-0.4, -0.2) is 19.3 Å². The minimum absolute atomic E-state index is 0.0595. The molecule has 1 N–H and O–H groups in total. The first-order valence-corrected chi connectivity index (χ1v) is 6.32. The zero-order chi connectivity index (χ0) is 13.8. The van der Waals surface area contributed by atoms with Gasteiger partial charge in [-0.25, -0.2) is 0 Å². The third-order valence-electron chi connectivity index (χ3n) is 2.16. The summed E-state index contributed by atoms with van der Waals surface area (Å²) in [5, 5.41) is 2.74. The molecule has 6 heteroatoms. The van der Waals surface area contributed by atoms with Gasteiger partial charge in [-0.05, 0) is 32.0 Å². The molecule has 102 valence electrons. The van der Waals surface area contributed by atoms with Crippen LogP contribution in [0.2, 0.25) is 0 Å². The lowest BCUT2D eigenvalue weighted by atomic mass is 10.1. The fourth-order valence-electron chi connectivity index (χ4n) is 1.39. The van der Waals surface area contributed by atoms with E-state index in [4.69, 9.17) is 4.74 Å². The van der Waals surface area contributed by atoms with Crippen LogP contribution in [0.15, 0.2) is 22.7 Å². The van der Waals surface area contributed by atoms with Crippen LogP contribution in [-0.2, 0) is 10.9 Å². The molecule has 1 aromatic rings. The molecule has 0 unspecified atom stereocenters. The van der Waals surface area contributed by atoms with Crippen LogP contribution in [0.4, 0.5) is 18.9 Å². The zero-order valence-corrected chi connectivity index (χ0v) is 11.7. The summed E-state index contributed by atoms with van der Waals surface area (Å²) >= 11 is 3.16. The molecule has 2 nitrogen and oxygen atoms in total. The number of rotatable bonds is 5. The van der Waals surface area contributed by atoms with Gasteiger partial charge in [0.25, 0.3) is 0 Å². The van der Waals surface area contributed by atoms with Crippen molar-refractivity contribution in [1.82, 2.24) is 0 Å². The van der Waals surface area contributed by atoms with Crippen LogP contribution < -0.4 is 5.32 Å². The Hall–Kier alpha value is -0.750. The van der Waals surface area contributed by atoms with Gasteiger partial charge in [0, 0.05) is 16.7 Å². The van der Waals surface area contributed by atoms with E-state index >= 15 is 0 Å². The van der Waals surface area contributed by atoms with Crippen molar-refractivity contribution in [2.75, 3.05) is 18.5 Å². The summed E-state index contributed by atoms with van der Waals surface area (Å²) in [4.78, 5) is 0. The molecular weight excluding hydrogens is 311 g/mol. The van der Waals surface area contributed by atoms with E-state index in [1.807, 2.05) is 13.8 Å². The van der Waals surface area contributed by atoms with E-state index < -0.39 is 11.7 Å². The number of hydrogen-bond acceptors (Lipinski definition) is 2. The topological polar surface area (TPSA) is 21.3 Å². The molecule has 0 fully saturated rings. The maximum Gasteiger partial charge on any atom is 0.418 e. The lowest BCUT2D eigenvalue weighted by Gasteiger charge is -2.15. The van der Waals surface area contributed by atoms with Crippen LogP contribution in [0, 0.1) is 0 Å². The molecule has 0 saturated carbocycles. The largest absolute Gasteiger partial charge is 0.418 e. The molecule has 0 aliphatic carbocycles. The van der Waals surface area contributed by atoms with Crippen LogP contribution in [0.3, 0.4) is 0 Å². The second-order valence-corrected chi connectivity index (χ2v) is 4.95. The Balaban J connectivity index is 2.71. The summed E-state index contributed by atoms with van der Waals surface area (Å²) < 4.78 is 44.1. The number of ether oxygens (including phenoxy) is 1. The third kappa shape index (κ3) is 4.86. The second kappa shape index (κ2) is 6.43. The molecule has 0 saturated heterocycles. The Morgan fingerprint density at radius 3 is 2.56 bits per heavy atom. The maximum absolute atomic E-state index is 12.7. The molecule has 0 aromatic heterocycles. The van der Waals surface area contributed by atoms with Crippen LogP contribution in [0.5, 0.6) is 0 Å². The first kappa shape index (κ1) is 15.3. The predicted molar refractivity (Wildman–Crippen MR) is 68.7 cm³/mol. The van der Waals surface area contributed by atoms with Crippen molar-refractivity contribution in [1.29, 1.82) is 0 Å². The van der Waals surface area contributed by atoms with Crippen molar-refractivity contribution in [3.63, 3.8) is 0 Å². The molecule has 18 heavy (non-hydrogen) atoms. The minimum Gasteiger partial charge on any atom is -0.382 e. The van der Waals surface area contributed by atoms with Crippen molar-refractivity contribution >= 4 is 21.6 Å². The van der Waals surface area contributed by atoms with Gasteiger partial charge in [0.15, 0.2) is 0 Å². The molecule has 1 aromatic carbocycles. The fraction of sp³-hybridized carbons (Fsp3) is 0.500. The highest BCUT2D eigenvalue weighted by Gasteiger charge is 2.33. The van der Waals surface area contributed by atoms with E-state index in [1.165, 1.54) is 12.1 Å². The molecule has 0 aliphatic heterocycles. The Bertz CT molecular complexity index is 393. The van der Waals surface area contributed by atoms with Crippen molar-refractivity contribution in [3.05, 3.63) is 28.2 Å². The lowest BCUT2D eigenvalue weighted by Crippen LogP contribution is -2.16. The number of nitrogens with one attached hydrogen (secondary N) is 1. The summed E-state index contributed by atoms with van der Waals surface area (Å²) in [6.07, 6.45) is -4.29. The number of benzene rings is 1. The highest BCUT2D eigenvalue weighted by Crippen LogP contribution is 2.36. The average Bonchev–Trinajstić information content (AvgIpc) is 2.22. The Morgan fingerprint density at radius 2 is 2.00 bits per heavy atom. The monoisotopic (exact) mass is 325 g/mol. The van der Waals surface area contributed by atoms with Crippen molar-refractivity contribution < 1.29 is 17.9 Å². The number of alkyl halides is 3. The van der Waals surface area contributed by atoms with Crippen molar-refractivity contribution in [3.8, 4) is 0 Å². The van der Waals surface area contributed by atoms with E-state index in [0.717, 1.165) is 6.07 Å². The molecule has 0 bridgehead atoms. The van der Waals surface area contributed by atoms with Gasteiger partial charge >= 0.3 is 6.18 Å². The molecule has 0 heterocycles. The maximum atomic E-state index is 12.7. The Labute approximate surface area is 113 Å². The zero-order valence-electron chi connectivity index (χ0n) is 10.1. The van der Waals surface area contributed by atoms with E-state index in [-0.39, 0.29) is 11.8 Å². The van der Waals surface area contributed by atoms with E-state index in [2.05, 4.69) is 21.2 Å². The van der Waals surface area contributed by atoms with Gasteiger partial charge in [0.1, 0.15) is 0 Å². The van der Waals surface area contributed by atoms with E-state index in [1.54, 1.807) is 0 Å². The molecule has 0 atom stereocenters. The van der Waals surface area contributed by atoms with Crippen molar-refractivity contribution in [2.24, 2.45) is 0 Å². The fourth-order valence-corrected chi connectivity index (χ4v) is 1.75. The number of halogens is 4. The summed E-state index contributed by atoms with van der Waals surface area (Å²) in [5.74, 6) is 0. The lowest BCUT2D eigenvalue weighted by molar-refractivity contribution is -0.137. The van der Waals surface area contributed by atoms with Gasteiger partial charge in [-0.3, -0.25) is 0 Å². The SMILES string of the molecule is CC(C)OCCNc1cc(Br)ccc1C(F)(F)F. The normalized spacial score (nSPS) is 11.9. The molecule has 0 amide bonds. The summed E-state index contributed by atoms with van der Waals surface area (Å²) in [5.41, 5.74) is -0.612. The molecular formula is C12H15BrF3NO. The third-order valence-corrected chi connectivity index (χ3v) is 2.65. The first-order chi connectivity index (χ1) is 8.30. The highest BCUT2D eigenvalue weighted by atomic mass is 79.9. The minimum atomic E-state index is -4.36. The average molecular weight is 326 g/mol. The van der Waals surface area contributed by atoms with Gasteiger partial charge in [-0.1, -0.05) is 15.9 Å². The summed E-state index contributed by atoms with van der Waals surface area (Å²) in [6.45, 7) is 4.44. The van der Waals surface area contributed by atoms with Crippen LogP contribution >= 0.6 is 15.9 Å². The van der Waals surface area contributed by atoms with Gasteiger partial charge < -0.3 is 10.1 Å². The highest BCUT2D eigenvalue weighted by molar-refractivity contribution is 9.10. The van der Waals surface area contributed by atoms with Crippen LogP contribution in [0.1, 0.15) is 19.4 Å². The summed E-state index contributed by atoms with van der Waals surface area (Å²) in [7, 11) is 0. The van der Waals surface area contributed by atoms with Gasteiger partial charge in [0.05, 0.1) is 18.3 Å². The standard InChI is InChI=1S/C12H15BrF3NO/c1-8(2)18-6-5-17-11-7-9(13)3-4-10(11)12(14,15)16/h3-4,7-8,17H,5-6H2,1-2H3. The van der Waals surface area contributed by atoms with Crippen LogP contribution in [0.25, 0.3) is 0 Å². The quantitative estimate of drug-likeness (QED) is 0.815. The predicted octanol–water partition coefficient (Wildman–Crippen LogP) is 4.30. The van der Waals surface area contributed by atoms with Gasteiger partial charge in [-0.2, -0.15) is 13.2 Å². The second-order valence-electron chi connectivity index (χ2n) is 4.03. The molecule has 1 rings (SSSR count). The smallest absolute Gasteiger partial charge is 0.382 e. The van der Waals surface area contributed by atoms with Crippen molar-refractivity contribution in [2.45, 2.75) is 26.1 Å². The van der Waals surface area contributed by atoms with Gasteiger partial charge in [0.2, 0.25) is 0 Å². The van der Waals surface area contributed by atoms with E-state index in [0.29, 0.717) is 17.6 Å². The molecule has 0 radical (unpaired) electrons. The number of hydrogen-bond donors (Lipinski definition) is 1. The first-order valence-electron chi connectivity index (χ1n) is 5.53. The Kier molecular flexibility index (Phi) is 5.47. The van der Waals surface area contributed by atoms with E-state index in [9.17, 15) is 13.2 Å². The number of anilines is 1. The van der Waals surface area contributed by atoms with Gasteiger partial charge in [-0.15, -0.1) is 0 Å².